The molecule has 0 saturated carbocycles. The Balaban J connectivity index is 2.11. The number of rotatable bonds is 3. The summed E-state index contributed by atoms with van der Waals surface area (Å²) in [6.07, 6.45) is -4.27. The van der Waals surface area contributed by atoms with Crippen LogP contribution in [0, 0.1) is 5.92 Å². The highest BCUT2D eigenvalue weighted by Crippen LogP contribution is 2.34. The maximum Gasteiger partial charge on any atom is 0.400 e. The van der Waals surface area contributed by atoms with E-state index in [-0.39, 0.29) is 12.1 Å². The summed E-state index contributed by atoms with van der Waals surface area (Å²) in [5.41, 5.74) is 0.267. The minimum absolute atomic E-state index is 0.0325. The first-order valence-corrected chi connectivity index (χ1v) is 5.99. The molecule has 1 fully saturated rings. The highest BCUT2D eigenvalue weighted by atomic mass is 19.4. The molecule has 0 aromatic heterocycles. The molecular formula is C13H16F3N2. The first-order chi connectivity index (χ1) is 8.57. The van der Waals surface area contributed by atoms with Gasteiger partial charge in [-0.05, 0) is 5.56 Å². The Kier molecular flexibility index (Phi) is 4.24. The van der Waals surface area contributed by atoms with E-state index in [4.69, 9.17) is 0 Å². The Labute approximate surface area is 105 Å². The van der Waals surface area contributed by atoms with E-state index in [2.05, 4.69) is 5.32 Å². The van der Waals surface area contributed by atoms with Crippen molar-refractivity contribution in [3.05, 3.63) is 41.8 Å². The number of alkyl halides is 3. The highest BCUT2D eigenvalue weighted by molar-refractivity contribution is 5.34. The van der Waals surface area contributed by atoms with Crippen molar-refractivity contribution in [3.63, 3.8) is 0 Å². The molecule has 0 amide bonds. The van der Waals surface area contributed by atoms with Gasteiger partial charge in [0, 0.05) is 32.7 Å². The lowest BCUT2D eigenvalue weighted by atomic mass is 9.97. The first kappa shape index (κ1) is 13.4. The van der Waals surface area contributed by atoms with E-state index in [0.717, 1.165) is 13.1 Å². The van der Waals surface area contributed by atoms with Gasteiger partial charge in [-0.3, -0.25) is 4.90 Å². The molecule has 0 bridgehead atoms. The van der Waals surface area contributed by atoms with E-state index >= 15 is 0 Å². The summed E-state index contributed by atoms with van der Waals surface area (Å²) in [5, 5.41) is 3.13. The van der Waals surface area contributed by atoms with E-state index in [1.807, 2.05) is 4.90 Å². The smallest absolute Gasteiger partial charge is 0.314 e. The largest absolute Gasteiger partial charge is 0.400 e. The maximum atomic E-state index is 13.1. The quantitative estimate of drug-likeness (QED) is 0.892. The van der Waals surface area contributed by atoms with Crippen LogP contribution in [0.3, 0.4) is 0 Å². The number of halogens is 3. The third-order valence-electron chi connectivity index (χ3n) is 3.06. The SMILES string of the molecule is FC(F)(F)[C](CN1CCNCC1)c1ccccc1. The molecule has 1 N–H and O–H groups in total. The van der Waals surface area contributed by atoms with Gasteiger partial charge >= 0.3 is 6.18 Å². The summed E-state index contributed by atoms with van der Waals surface area (Å²) in [6, 6.07) is 8.04. The van der Waals surface area contributed by atoms with Gasteiger partial charge in [-0.15, -0.1) is 0 Å². The molecule has 0 atom stereocenters. The number of nitrogens with zero attached hydrogens (tertiary/aromatic N) is 1. The van der Waals surface area contributed by atoms with Crippen LogP contribution in [0.1, 0.15) is 5.56 Å². The molecule has 2 rings (SSSR count). The van der Waals surface area contributed by atoms with Crippen molar-refractivity contribution in [1.82, 2.24) is 10.2 Å². The van der Waals surface area contributed by atoms with Gasteiger partial charge in [-0.25, -0.2) is 0 Å². The van der Waals surface area contributed by atoms with Gasteiger partial charge < -0.3 is 5.32 Å². The van der Waals surface area contributed by atoms with E-state index in [0.29, 0.717) is 13.1 Å². The van der Waals surface area contributed by atoms with Gasteiger partial charge in [0.15, 0.2) is 0 Å². The van der Waals surface area contributed by atoms with Crippen LogP contribution in [0.2, 0.25) is 0 Å². The maximum absolute atomic E-state index is 13.1. The van der Waals surface area contributed by atoms with Crippen LogP contribution in [0.25, 0.3) is 0 Å². The molecule has 1 saturated heterocycles. The Morgan fingerprint density at radius 3 is 2.28 bits per heavy atom. The fourth-order valence-electron chi connectivity index (χ4n) is 2.08. The Hall–Kier alpha value is -1.07. The van der Waals surface area contributed by atoms with E-state index in [9.17, 15) is 13.2 Å². The highest BCUT2D eigenvalue weighted by Gasteiger charge is 2.42. The predicted molar refractivity (Wildman–Crippen MR) is 64.2 cm³/mol. The van der Waals surface area contributed by atoms with Crippen LogP contribution in [-0.2, 0) is 0 Å². The Morgan fingerprint density at radius 1 is 1.11 bits per heavy atom. The van der Waals surface area contributed by atoms with Crippen molar-refractivity contribution >= 4 is 0 Å². The average molecular weight is 257 g/mol. The average Bonchev–Trinajstić information content (AvgIpc) is 2.37. The standard InChI is InChI=1S/C13H16F3N2/c14-13(15,16)12(11-4-2-1-3-5-11)10-18-8-6-17-7-9-18/h1-5,17H,6-10H2. The number of piperazine rings is 1. The van der Waals surface area contributed by atoms with Crippen molar-refractivity contribution < 1.29 is 13.2 Å². The molecular weight excluding hydrogens is 241 g/mol. The number of nitrogens with one attached hydrogen (secondary N) is 1. The second-order valence-corrected chi connectivity index (χ2v) is 4.37. The summed E-state index contributed by atoms with van der Waals surface area (Å²) in [4.78, 5) is 1.84. The summed E-state index contributed by atoms with van der Waals surface area (Å²) >= 11 is 0. The van der Waals surface area contributed by atoms with Crippen LogP contribution >= 0.6 is 0 Å². The van der Waals surface area contributed by atoms with Crippen LogP contribution < -0.4 is 5.32 Å². The van der Waals surface area contributed by atoms with Crippen LogP contribution in [0.15, 0.2) is 30.3 Å². The molecule has 1 aliphatic heterocycles. The first-order valence-electron chi connectivity index (χ1n) is 5.99. The predicted octanol–water partition coefficient (Wildman–Crippen LogP) is 2.08. The molecule has 0 spiro atoms. The fourth-order valence-corrected chi connectivity index (χ4v) is 2.08. The van der Waals surface area contributed by atoms with Crippen LogP contribution in [0.5, 0.6) is 0 Å². The van der Waals surface area contributed by atoms with Gasteiger partial charge in [-0.2, -0.15) is 13.2 Å². The molecule has 18 heavy (non-hydrogen) atoms. The molecule has 2 nitrogen and oxygen atoms in total. The summed E-state index contributed by atoms with van der Waals surface area (Å²) in [5.74, 6) is -0.454. The van der Waals surface area contributed by atoms with Crippen molar-refractivity contribution in [2.75, 3.05) is 32.7 Å². The molecule has 5 heteroatoms. The molecule has 1 radical (unpaired) electrons. The zero-order chi connectivity index (χ0) is 13.0. The molecule has 1 aliphatic rings. The topological polar surface area (TPSA) is 15.3 Å². The number of hydrogen-bond acceptors (Lipinski definition) is 2. The Morgan fingerprint density at radius 2 is 1.72 bits per heavy atom. The zero-order valence-corrected chi connectivity index (χ0v) is 10.0. The summed E-state index contributed by atoms with van der Waals surface area (Å²) in [7, 11) is 0. The third-order valence-corrected chi connectivity index (χ3v) is 3.06. The van der Waals surface area contributed by atoms with Crippen molar-refractivity contribution in [1.29, 1.82) is 0 Å². The minimum atomic E-state index is -4.27. The lowest BCUT2D eigenvalue weighted by Gasteiger charge is -2.31. The molecule has 99 valence electrons. The lowest BCUT2D eigenvalue weighted by Crippen LogP contribution is -2.46. The normalized spacial score (nSPS) is 18.2. The van der Waals surface area contributed by atoms with Gasteiger partial charge in [0.25, 0.3) is 0 Å². The van der Waals surface area contributed by atoms with Crippen molar-refractivity contribution in [2.24, 2.45) is 0 Å². The Bertz CT molecular complexity index is 358. The fraction of sp³-hybridized carbons (Fsp3) is 0.462. The zero-order valence-electron chi connectivity index (χ0n) is 10.0. The second kappa shape index (κ2) is 5.71. The second-order valence-electron chi connectivity index (χ2n) is 4.37. The van der Waals surface area contributed by atoms with Crippen molar-refractivity contribution in [2.45, 2.75) is 6.18 Å². The van der Waals surface area contributed by atoms with E-state index in [1.165, 1.54) is 12.1 Å². The molecule has 1 aromatic rings. The molecule has 1 heterocycles. The van der Waals surface area contributed by atoms with E-state index in [1.54, 1.807) is 18.2 Å². The summed E-state index contributed by atoms with van der Waals surface area (Å²) in [6.45, 7) is 2.79. The van der Waals surface area contributed by atoms with Crippen LogP contribution in [-0.4, -0.2) is 43.8 Å². The third kappa shape index (κ3) is 3.46. The number of benzene rings is 1. The van der Waals surface area contributed by atoms with Gasteiger partial charge in [0.05, 0.1) is 0 Å². The molecule has 1 aromatic carbocycles. The monoisotopic (exact) mass is 257 g/mol. The molecule has 0 aliphatic carbocycles. The van der Waals surface area contributed by atoms with E-state index < -0.39 is 12.1 Å². The number of hydrogen-bond donors (Lipinski definition) is 1. The van der Waals surface area contributed by atoms with Gasteiger partial charge in [0.1, 0.15) is 5.92 Å². The minimum Gasteiger partial charge on any atom is -0.314 e. The molecule has 0 unspecified atom stereocenters. The van der Waals surface area contributed by atoms with Crippen molar-refractivity contribution in [3.8, 4) is 0 Å². The van der Waals surface area contributed by atoms with Crippen LogP contribution in [0.4, 0.5) is 13.2 Å². The van der Waals surface area contributed by atoms with Gasteiger partial charge in [-0.1, -0.05) is 30.3 Å². The van der Waals surface area contributed by atoms with Gasteiger partial charge in [0.2, 0.25) is 0 Å². The lowest BCUT2D eigenvalue weighted by molar-refractivity contribution is -0.114. The summed E-state index contributed by atoms with van der Waals surface area (Å²) < 4.78 is 39.2.